The minimum absolute atomic E-state index is 0.590. The number of hydrogen-bond donors (Lipinski definition) is 2. The first-order valence-electron chi connectivity index (χ1n) is 5.63. The summed E-state index contributed by atoms with van der Waals surface area (Å²) in [6.07, 6.45) is 9.54. The molecule has 0 aliphatic heterocycles. The second-order valence-corrected chi connectivity index (χ2v) is 4.10. The number of carboxylic acids is 1. The van der Waals surface area contributed by atoms with Crippen LogP contribution in [0.2, 0.25) is 0 Å². The number of rotatable bonds is 5. The molecule has 0 aromatic heterocycles. The van der Waals surface area contributed by atoms with Gasteiger partial charge in [0.25, 0.3) is 0 Å². The predicted octanol–water partition coefficient (Wildman–Crippen LogP) is 2.24. The van der Waals surface area contributed by atoms with E-state index >= 15 is 0 Å². The van der Waals surface area contributed by atoms with Gasteiger partial charge in [0.2, 0.25) is 0 Å². The molecule has 17 heavy (non-hydrogen) atoms. The van der Waals surface area contributed by atoms with Crippen LogP contribution in [0.15, 0.2) is 36.0 Å². The average Bonchev–Trinajstić information content (AvgIpc) is 2.29. The van der Waals surface area contributed by atoms with E-state index in [1.165, 1.54) is 12.2 Å². The molecule has 0 saturated carbocycles. The van der Waals surface area contributed by atoms with Crippen molar-refractivity contribution in [1.29, 1.82) is 0 Å². The van der Waals surface area contributed by atoms with Crippen molar-refractivity contribution in [1.82, 2.24) is 0 Å². The maximum absolute atomic E-state index is 14.2. The molecule has 3 nitrogen and oxygen atoms in total. The van der Waals surface area contributed by atoms with Crippen LogP contribution in [0.5, 0.6) is 0 Å². The zero-order valence-electron chi connectivity index (χ0n) is 9.77. The lowest BCUT2D eigenvalue weighted by molar-refractivity contribution is -0.144. The van der Waals surface area contributed by atoms with E-state index < -0.39 is 24.2 Å². The van der Waals surface area contributed by atoms with Crippen molar-refractivity contribution in [3.05, 3.63) is 36.0 Å². The van der Waals surface area contributed by atoms with Crippen molar-refractivity contribution >= 4 is 5.97 Å². The van der Waals surface area contributed by atoms with Gasteiger partial charge in [-0.25, -0.2) is 4.39 Å². The quantitative estimate of drug-likeness (QED) is 0.774. The summed E-state index contributed by atoms with van der Waals surface area (Å²) >= 11 is 0. The highest BCUT2D eigenvalue weighted by Crippen LogP contribution is 2.31. The van der Waals surface area contributed by atoms with Gasteiger partial charge < -0.3 is 10.2 Å². The van der Waals surface area contributed by atoms with Gasteiger partial charge in [0.15, 0.2) is 5.67 Å². The fourth-order valence-electron chi connectivity index (χ4n) is 1.70. The van der Waals surface area contributed by atoms with Gasteiger partial charge in [0, 0.05) is 0 Å². The molecule has 0 heterocycles. The van der Waals surface area contributed by atoms with Crippen LogP contribution in [0, 0.1) is 5.92 Å². The summed E-state index contributed by atoms with van der Waals surface area (Å²) in [5.74, 6) is -2.60. The smallest absolute Gasteiger partial charge is 0.314 e. The largest absolute Gasteiger partial charge is 0.481 e. The number of allylic oxidation sites excluding steroid dienone is 4. The van der Waals surface area contributed by atoms with Crippen molar-refractivity contribution in [3.8, 4) is 0 Å². The molecular formula is C13H17FO3. The van der Waals surface area contributed by atoms with Gasteiger partial charge in [-0.3, -0.25) is 4.79 Å². The van der Waals surface area contributed by atoms with Gasteiger partial charge in [0.1, 0.15) is 5.92 Å². The maximum atomic E-state index is 14.2. The second kappa shape index (κ2) is 5.77. The molecule has 0 aromatic rings. The Hall–Kier alpha value is -1.42. The van der Waals surface area contributed by atoms with E-state index in [2.05, 4.69) is 0 Å². The molecule has 0 spiro atoms. The van der Waals surface area contributed by atoms with Crippen LogP contribution in [-0.4, -0.2) is 28.5 Å². The number of carbonyl (C=O) groups is 1. The average molecular weight is 240 g/mol. The molecule has 1 aliphatic rings. The zero-order valence-corrected chi connectivity index (χ0v) is 9.77. The summed E-state index contributed by atoms with van der Waals surface area (Å²) in [7, 11) is 0. The van der Waals surface area contributed by atoms with E-state index in [-0.39, 0.29) is 0 Å². The molecule has 0 amide bonds. The fraction of sp³-hybridized carbons (Fsp3) is 0.462. The lowest BCUT2D eigenvalue weighted by Crippen LogP contribution is -2.40. The minimum Gasteiger partial charge on any atom is -0.481 e. The summed E-state index contributed by atoms with van der Waals surface area (Å²) in [6, 6.07) is 0. The number of unbranched alkanes of at least 4 members (excludes halogenated alkanes) is 1. The number of hydrogen-bond acceptors (Lipinski definition) is 2. The van der Waals surface area contributed by atoms with Crippen LogP contribution in [-0.2, 0) is 4.79 Å². The number of carboxylic acid groups (broad SMARTS) is 1. The topological polar surface area (TPSA) is 57.5 Å². The Labute approximate surface area is 100.0 Å². The Balaban J connectivity index is 2.89. The van der Waals surface area contributed by atoms with Crippen molar-refractivity contribution in [2.24, 2.45) is 5.92 Å². The molecule has 1 aliphatic carbocycles. The third kappa shape index (κ3) is 3.27. The Bertz CT molecular complexity index is 371. The molecule has 0 radical (unpaired) electrons. The van der Waals surface area contributed by atoms with E-state index in [1.54, 1.807) is 12.2 Å². The van der Waals surface area contributed by atoms with Crippen molar-refractivity contribution in [3.63, 3.8) is 0 Å². The summed E-state index contributed by atoms with van der Waals surface area (Å²) in [5, 5.41) is 17.9. The maximum Gasteiger partial charge on any atom is 0.314 e. The number of aliphatic carboxylic acids is 1. The van der Waals surface area contributed by atoms with E-state index in [4.69, 9.17) is 10.2 Å². The van der Waals surface area contributed by atoms with Gasteiger partial charge in [-0.2, -0.15) is 0 Å². The molecule has 0 bridgehead atoms. The predicted molar refractivity (Wildman–Crippen MR) is 63.3 cm³/mol. The number of alkyl halides is 1. The third-order valence-electron chi connectivity index (χ3n) is 2.68. The van der Waals surface area contributed by atoms with E-state index in [9.17, 15) is 9.18 Å². The van der Waals surface area contributed by atoms with Crippen LogP contribution < -0.4 is 0 Å². The SMILES string of the molecule is CCCC=CC1=C[C@](F)(CO)C(C(=O)O)C=C1. The number of aliphatic hydroxyl groups excluding tert-OH is 1. The lowest BCUT2D eigenvalue weighted by atomic mass is 9.83. The van der Waals surface area contributed by atoms with Crippen LogP contribution in [0.4, 0.5) is 4.39 Å². The van der Waals surface area contributed by atoms with Crippen LogP contribution in [0.25, 0.3) is 0 Å². The first-order valence-corrected chi connectivity index (χ1v) is 5.63. The minimum atomic E-state index is -2.22. The molecule has 0 fully saturated rings. The first kappa shape index (κ1) is 13.6. The summed E-state index contributed by atoms with van der Waals surface area (Å²) in [5.41, 5.74) is -1.63. The molecule has 4 heteroatoms. The Morgan fingerprint density at radius 2 is 2.35 bits per heavy atom. The van der Waals surface area contributed by atoms with Gasteiger partial charge in [-0.1, -0.05) is 37.6 Å². The Morgan fingerprint density at radius 3 is 2.88 bits per heavy atom. The molecule has 2 N–H and O–H groups in total. The lowest BCUT2D eigenvalue weighted by Gasteiger charge is -2.27. The molecule has 1 unspecified atom stereocenters. The fourth-order valence-corrected chi connectivity index (χ4v) is 1.70. The van der Waals surface area contributed by atoms with Crippen molar-refractivity contribution in [2.75, 3.05) is 6.61 Å². The number of halogens is 1. The van der Waals surface area contributed by atoms with Crippen molar-refractivity contribution in [2.45, 2.75) is 25.4 Å². The molecular weight excluding hydrogens is 223 g/mol. The van der Waals surface area contributed by atoms with Gasteiger partial charge in [0.05, 0.1) is 6.61 Å². The highest BCUT2D eigenvalue weighted by atomic mass is 19.1. The van der Waals surface area contributed by atoms with Crippen LogP contribution in [0.1, 0.15) is 19.8 Å². The Morgan fingerprint density at radius 1 is 1.65 bits per heavy atom. The molecule has 94 valence electrons. The second-order valence-electron chi connectivity index (χ2n) is 4.10. The third-order valence-corrected chi connectivity index (χ3v) is 2.68. The van der Waals surface area contributed by atoms with E-state index in [0.717, 1.165) is 12.8 Å². The summed E-state index contributed by atoms with van der Waals surface area (Å²) < 4.78 is 14.2. The van der Waals surface area contributed by atoms with E-state index in [1.807, 2.05) is 13.0 Å². The highest BCUT2D eigenvalue weighted by molar-refractivity contribution is 5.75. The van der Waals surface area contributed by atoms with E-state index in [0.29, 0.717) is 5.57 Å². The summed E-state index contributed by atoms with van der Waals surface area (Å²) in [6.45, 7) is 1.20. The standard InChI is InChI=1S/C13H17FO3/c1-2-3-4-5-10-6-7-11(12(16)17)13(14,8-10)9-15/h4-8,11,15H,2-3,9H2,1H3,(H,16,17)/t11?,13-/m0/s1. The van der Waals surface area contributed by atoms with Crippen LogP contribution >= 0.6 is 0 Å². The molecule has 1 rings (SSSR count). The molecule has 2 atom stereocenters. The monoisotopic (exact) mass is 240 g/mol. The summed E-state index contributed by atoms with van der Waals surface area (Å²) in [4.78, 5) is 10.8. The van der Waals surface area contributed by atoms with Gasteiger partial charge >= 0.3 is 5.97 Å². The molecule has 0 aromatic carbocycles. The van der Waals surface area contributed by atoms with Crippen molar-refractivity contribution < 1.29 is 19.4 Å². The zero-order chi connectivity index (χ0) is 12.9. The van der Waals surface area contributed by atoms with Gasteiger partial charge in [-0.05, 0) is 18.1 Å². The normalized spacial score (nSPS) is 28.4. The highest BCUT2D eigenvalue weighted by Gasteiger charge is 2.41. The van der Waals surface area contributed by atoms with Crippen LogP contribution in [0.3, 0.4) is 0 Å². The van der Waals surface area contributed by atoms with Gasteiger partial charge in [-0.15, -0.1) is 0 Å². The molecule has 0 saturated heterocycles. The Kier molecular flexibility index (Phi) is 4.63. The number of aliphatic hydroxyl groups is 1. The first-order chi connectivity index (χ1) is 8.03.